The lowest BCUT2D eigenvalue weighted by atomic mass is 10.00. The van der Waals surface area contributed by atoms with E-state index < -0.39 is 23.1 Å². The van der Waals surface area contributed by atoms with Gasteiger partial charge in [0.15, 0.2) is 5.76 Å². The van der Waals surface area contributed by atoms with Crippen molar-refractivity contribution in [3.63, 3.8) is 0 Å². The Morgan fingerprint density at radius 3 is 2.29 bits per heavy atom. The zero-order chi connectivity index (χ0) is 20.1. The average molecular weight is 385 g/mol. The Balaban J connectivity index is 2.15. The lowest BCUT2D eigenvalue weighted by Gasteiger charge is -2.07. The number of benzene rings is 2. The van der Waals surface area contributed by atoms with E-state index in [2.05, 4.69) is 0 Å². The Labute approximate surface area is 155 Å². The maximum atomic E-state index is 13.5. The lowest BCUT2D eigenvalue weighted by Crippen LogP contribution is -2.04. The number of alkyl halides is 3. The number of aromatic hydroxyl groups is 2. The van der Waals surface area contributed by atoms with Crippen LogP contribution in [0.2, 0.25) is 0 Å². The molecule has 5 nitrogen and oxygen atoms in total. The molecule has 0 bridgehead atoms. The van der Waals surface area contributed by atoms with Crippen LogP contribution in [0.1, 0.15) is 11.1 Å². The van der Waals surface area contributed by atoms with Crippen LogP contribution >= 0.6 is 0 Å². The Hall–Kier alpha value is -3.86. The number of hydrogen-bond acceptors (Lipinski definition) is 5. The van der Waals surface area contributed by atoms with Crippen molar-refractivity contribution >= 4 is 11.0 Å². The van der Waals surface area contributed by atoms with E-state index in [-0.39, 0.29) is 33.8 Å². The van der Waals surface area contributed by atoms with Gasteiger partial charge in [-0.3, -0.25) is 0 Å². The number of fused-ring (bicyclic) bond motifs is 1. The topological polar surface area (TPSA) is 90.5 Å². The van der Waals surface area contributed by atoms with E-state index in [0.29, 0.717) is 11.6 Å². The van der Waals surface area contributed by atoms with Gasteiger partial charge in [-0.15, -0.1) is 0 Å². The molecule has 0 fully saturated rings. The van der Waals surface area contributed by atoms with Crippen LogP contribution in [-0.4, -0.2) is 10.2 Å². The minimum Gasteiger partial charge on any atom is -0.508 e. The highest BCUT2D eigenvalue weighted by Gasteiger charge is 2.37. The summed E-state index contributed by atoms with van der Waals surface area (Å²) in [7, 11) is 0. The molecule has 2 N–H and O–H groups in total. The Morgan fingerprint density at radius 1 is 0.929 bits per heavy atom. The quantitative estimate of drug-likeness (QED) is 0.465. The van der Waals surface area contributed by atoms with Gasteiger partial charge in [-0.1, -0.05) is 0 Å². The van der Waals surface area contributed by atoms with E-state index >= 15 is 0 Å². The molecule has 0 aliphatic rings. The molecule has 0 radical (unpaired) electrons. The molecule has 0 aliphatic carbocycles. The number of halogens is 3. The van der Waals surface area contributed by atoms with Crippen LogP contribution in [0, 0.1) is 11.3 Å². The molecule has 4 rings (SSSR count). The van der Waals surface area contributed by atoms with E-state index in [0.717, 1.165) is 6.07 Å². The zero-order valence-corrected chi connectivity index (χ0v) is 13.9. The van der Waals surface area contributed by atoms with Crippen molar-refractivity contribution in [1.29, 1.82) is 5.26 Å². The van der Waals surface area contributed by atoms with Crippen molar-refractivity contribution in [2.24, 2.45) is 0 Å². The first-order valence-corrected chi connectivity index (χ1v) is 7.93. The summed E-state index contributed by atoms with van der Waals surface area (Å²) in [5.41, 5.74) is -1.09. The summed E-state index contributed by atoms with van der Waals surface area (Å²) in [6.07, 6.45) is -3.54. The predicted molar refractivity (Wildman–Crippen MR) is 92.4 cm³/mol. The van der Waals surface area contributed by atoms with Gasteiger partial charge in [0.05, 0.1) is 17.4 Å². The Morgan fingerprint density at radius 2 is 1.64 bits per heavy atom. The van der Waals surface area contributed by atoms with Crippen LogP contribution in [-0.2, 0) is 6.18 Å². The molecule has 0 saturated carbocycles. The molecular formula is C20H10F3NO4. The molecule has 0 saturated heterocycles. The van der Waals surface area contributed by atoms with Gasteiger partial charge in [-0.2, -0.15) is 18.4 Å². The number of nitriles is 1. The monoisotopic (exact) mass is 385 g/mol. The molecule has 0 spiro atoms. The number of hydrogen-bond donors (Lipinski definition) is 2. The van der Waals surface area contributed by atoms with Crippen molar-refractivity contribution < 1.29 is 32.2 Å². The van der Waals surface area contributed by atoms with Gasteiger partial charge in [-0.05, 0) is 42.5 Å². The third-order valence-corrected chi connectivity index (χ3v) is 4.22. The maximum absolute atomic E-state index is 13.5. The second-order valence-corrected chi connectivity index (χ2v) is 6.00. The number of furan rings is 2. The van der Waals surface area contributed by atoms with Crippen LogP contribution in [0.4, 0.5) is 13.2 Å². The van der Waals surface area contributed by atoms with Crippen LogP contribution in [0.25, 0.3) is 33.6 Å². The fraction of sp³-hybridized carbons (Fsp3) is 0.0500. The average Bonchev–Trinajstić information content (AvgIpc) is 3.24. The van der Waals surface area contributed by atoms with Crippen LogP contribution in [0.5, 0.6) is 11.5 Å². The van der Waals surface area contributed by atoms with Gasteiger partial charge in [0.25, 0.3) is 0 Å². The Kier molecular flexibility index (Phi) is 3.82. The number of phenols is 2. The Bertz CT molecular complexity index is 1230. The van der Waals surface area contributed by atoms with Crippen LogP contribution in [0.15, 0.2) is 57.6 Å². The third-order valence-electron chi connectivity index (χ3n) is 4.22. The van der Waals surface area contributed by atoms with E-state index in [1.807, 2.05) is 6.07 Å². The highest BCUT2D eigenvalue weighted by atomic mass is 19.4. The van der Waals surface area contributed by atoms with Gasteiger partial charge >= 0.3 is 6.18 Å². The highest BCUT2D eigenvalue weighted by Crippen LogP contribution is 2.47. The molecule has 0 unspecified atom stereocenters. The fourth-order valence-corrected chi connectivity index (χ4v) is 3.03. The number of nitrogens with zero attached hydrogens (tertiary/aromatic N) is 1. The summed E-state index contributed by atoms with van der Waals surface area (Å²) in [4.78, 5) is 0. The largest absolute Gasteiger partial charge is 0.508 e. The molecule has 0 atom stereocenters. The lowest BCUT2D eigenvalue weighted by molar-refractivity contribution is -0.136. The molecule has 4 aromatic rings. The molecule has 140 valence electrons. The summed E-state index contributed by atoms with van der Waals surface area (Å²) in [6, 6.07) is 10.6. The van der Waals surface area contributed by atoms with Gasteiger partial charge < -0.3 is 19.0 Å². The van der Waals surface area contributed by atoms with E-state index in [1.54, 1.807) is 0 Å². The predicted octanol–water partition coefficient (Wildman–Crippen LogP) is 5.66. The van der Waals surface area contributed by atoms with Gasteiger partial charge in [0.1, 0.15) is 34.5 Å². The third kappa shape index (κ3) is 2.74. The highest BCUT2D eigenvalue weighted by molar-refractivity contribution is 6.03. The smallest absolute Gasteiger partial charge is 0.420 e. The second-order valence-electron chi connectivity index (χ2n) is 6.00. The minimum absolute atomic E-state index is 0.0116. The first kappa shape index (κ1) is 17.5. The molecule has 0 amide bonds. The van der Waals surface area contributed by atoms with Crippen molar-refractivity contribution in [3.05, 3.63) is 59.9 Å². The normalized spacial score (nSPS) is 11.6. The van der Waals surface area contributed by atoms with Crippen LogP contribution in [0.3, 0.4) is 0 Å². The van der Waals surface area contributed by atoms with Crippen molar-refractivity contribution in [1.82, 2.24) is 0 Å². The molecule has 2 aromatic heterocycles. The maximum Gasteiger partial charge on any atom is 0.420 e. The van der Waals surface area contributed by atoms with E-state index in [9.17, 15) is 28.6 Å². The summed E-state index contributed by atoms with van der Waals surface area (Å²) >= 11 is 0. The first-order valence-electron chi connectivity index (χ1n) is 7.93. The molecule has 8 heteroatoms. The fourth-order valence-electron chi connectivity index (χ4n) is 3.03. The molecular weight excluding hydrogens is 375 g/mol. The molecule has 0 aliphatic heterocycles. The second kappa shape index (κ2) is 6.09. The molecule has 2 heterocycles. The SMILES string of the molecule is N#Cc1ccoc1-c1c(-c2ccc(O)cc2)oc2c(C(F)(F)F)cc(O)cc12. The van der Waals surface area contributed by atoms with Crippen molar-refractivity contribution in [2.75, 3.05) is 0 Å². The van der Waals surface area contributed by atoms with Crippen molar-refractivity contribution in [3.8, 4) is 40.2 Å². The van der Waals surface area contributed by atoms with Gasteiger partial charge in [0, 0.05) is 10.9 Å². The van der Waals surface area contributed by atoms with E-state index in [1.165, 1.54) is 36.6 Å². The zero-order valence-electron chi connectivity index (χ0n) is 13.9. The summed E-state index contributed by atoms with van der Waals surface area (Å²) < 4.78 is 51.4. The molecule has 28 heavy (non-hydrogen) atoms. The summed E-state index contributed by atoms with van der Waals surface area (Å²) in [6.45, 7) is 0. The number of rotatable bonds is 2. The minimum atomic E-state index is -4.78. The van der Waals surface area contributed by atoms with Gasteiger partial charge in [0.2, 0.25) is 0 Å². The van der Waals surface area contributed by atoms with Crippen molar-refractivity contribution in [2.45, 2.75) is 6.18 Å². The van der Waals surface area contributed by atoms with Crippen LogP contribution < -0.4 is 0 Å². The first-order chi connectivity index (χ1) is 13.3. The standard InChI is InChI=1S/C20H10F3NO4/c21-20(22,23)15-8-13(26)7-14-16(17-11(9-24)5-6-27-17)18(28-19(14)15)10-1-3-12(25)4-2-10/h1-8,25-26H. The van der Waals surface area contributed by atoms with E-state index in [4.69, 9.17) is 8.83 Å². The number of phenolic OH excluding ortho intramolecular Hbond substituents is 2. The summed E-state index contributed by atoms with van der Waals surface area (Å²) in [5.74, 6) is -0.615. The summed E-state index contributed by atoms with van der Waals surface area (Å²) in [5, 5.41) is 28.6. The molecule has 2 aromatic carbocycles. The van der Waals surface area contributed by atoms with Gasteiger partial charge in [-0.25, -0.2) is 0 Å².